The van der Waals surface area contributed by atoms with Crippen LogP contribution in [0.25, 0.3) is 11.3 Å². The zero-order valence-electron chi connectivity index (χ0n) is 27.5. The molecule has 1 aliphatic carbocycles. The molecule has 2 N–H and O–H groups in total. The molecule has 0 bridgehead atoms. The van der Waals surface area contributed by atoms with E-state index in [0.717, 1.165) is 66.7 Å². The molecule has 252 valence electrons. The van der Waals surface area contributed by atoms with Crippen LogP contribution in [0.3, 0.4) is 0 Å². The van der Waals surface area contributed by atoms with Gasteiger partial charge in [-0.15, -0.1) is 0 Å². The summed E-state index contributed by atoms with van der Waals surface area (Å²) in [6.45, 7) is 5.25. The minimum Gasteiger partial charge on any atom is -0.489 e. The monoisotopic (exact) mass is 687 g/mol. The van der Waals surface area contributed by atoms with Gasteiger partial charge in [0.05, 0.1) is 22.3 Å². The lowest BCUT2D eigenvalue weighted by Crippen LogP contribution is -2.37. The molecular weight excluding hydrogens is 645 g/mol. The Balaban J connectivity index is 1.40. The van der Waals surface area contributed by atoms with Gasteiger partial charge in [0, 0.05) is 29.2 Å². The van der Waals surface area contributed by atoms with Crippen molar-refractivity contribution in [1.82, 2.24) is 14.9 Å². The Labute approximate surface area is 293 Å². The topological polar surface area (TPSA) is 93.5 Å². The van der Waals surface area contributed by atoms with Crippen molar-refractivity contribution in [2.75, 3.05) is 0 Å². The first-order chi connectivity index (χ1) is 23.2. The van der Waals surface area contributed by atoms with Crippen molar-refractivity contribution in [3.63, 3.8) is 0 Å². The third-order valence-corrected chi connectivity index (χ3v) is 9.66. The molecule has 7 nitrogen and oxygen atoms in total. The Morgan fingerprint density at radius 2 is 1.69 bits per heavy atom. The zero-order valence-corrected chi connectivity index (χ0v) is 29.0. The minimum absolute atomic E-state index is 0.00998. The Kier molecular flexibility index (Phi) is 12.4. The summed E-state index contributed by atoms with van der Waals surface area (Å²) in [5, 5.41) is 13.6. The van der Waals surface area contributed by atoms with E-state index in [4.69, 9.17) is 38.0 Å². The molecule has 0 spiro atoms. The molecule has 1 atom stereocenters. The number of allylic oxidation sites excluding steroid dienone is 2. The van der Waals surface area contributed by atoms with E-state index in [2.05, 4.69) is 35.9 Å². The van der Waals surface area contributed by atoms with Gasteiger partial charge in [0.15, 0.2) is 0 Å². The van der Waals surface area contributed by atoms with Gasteiger partial charge >= 0.3 is 5.97 Å². The standard InChI is InChI=1S/C39H43Cl2N3O4/c1-3-5-6-21-44-24-36(33-20-17-31(40)23-34(33)41)42-37(44)35(43-38(45)29-13-7-26(4-2)8-14-29)22-27-11-18-32(19-12-27)48-25-28-9-15-30(16-10-28)39(46)47/h5-6,9-12,15-20,23-24,26,29,35H,3-4,7-8,13-14,21-22,25H2,1-2H3,(H,43,45)(H,46,47)/b6-5+/t26-,29-,35-/m0/s1. The quantitative estimate of drug-likeness (QED) is 0.129. The molecule has 1 aliphatic rings. The molecule has 4 aromatic rings. The van der Waals surface area contributed by atoms with Crippen LogP contribution in [0.4, 0.5) is 0 Å². The fourth-order valence-corrected chi connectivity index (χ4v) is 6.74. The molecule has 1 fully saturated rings. The van der Waals surface area contributed by atoms with Crippen LogP contribution in [0.1, 0.15) is 85.7 Å². The summed E-state index contributed by atoms with van der Waals surface area (Å²) in [4.78, 5) is 30.0. The Morgan fingerprint density at radius 1 is 0.979 bits per heavy atom. The molecule has 48 heavy (non-hydrogen) atoms. The normalized spacial score (nSPS) is 16.9. The summed E-state index contributed by atoms with van der Waals surface area (Å²) in [5.74, 6) is 1.27. The predicted octanol–water partition coefficient (Wildman–Crippen LogP) is 9.72. The second kappa shape index (κ2) is 16.8. The van der Waals surface area contributed by atoms with E-state index >= 15 is 0 Å². The summed E-state index contributed by atoms with van der Waals surface area (Å²) in [6.07, 6.45) is 12.8. The minimum atomic E-state index is -0.957. The highest BCUT2D eigenvalue weighted by molar-refractivity contribution is 6.36. The Hall–Kier alpha value is -4.07. The van der Waals surface area contributed by atoms with Gasteiger partial charge < -0.3 is 19.7 Å². The SMILES string of the molecule is CC/C=C/Cn1cc(-c2ccc(Cl)cc2Cl)nc1[C@H](Cc1ccc(OCc2ccc(C(=O)O)cc2)cc1)NC(=O)[C@H]1CC[C@H](CC)CC1. The number of carbonyl (C=O) groups is 2. The van der Waals surface area contributed by atoms with Gasteiger partial charge in [0.1, 0.15) is 18.2 Å². The Bertz CT molecular complexity index is 1710. The van der Waals surface area contributed by atoms with Crippen molar-refractivity contribution in [1.29, 1.82) is 0 Å². The van der Waals surface area contributed by atoms with Gasteiger partial charge in [-0.3, -0.25) is 4.79 Å². The molecule has 9 heteroatoms. The van der Waals surface area contributed by atoms with Gasteiger partial charge in [-0.2, -0.15) is 0 Å². The third kappa shape index (κ3) is 9.30. The summed E-state index contributed by atoms with van der Waals surface area (Å²) in [6, 6.07) is 19.5. The number of carboxylic acid groups (broad SMARTS) is 1. The first-order valence-corrected chi connectivity index (χ1v) is 17.5. The van der Waals surface area contributed by atoms with Gasteiger partial charge in [0.25, 0.3) is 0 Å². The number of aromatic nitrogens is 2. The summed E-state index contributed by atoms with van der Waals surface area (Å²) >= 11 is 12.8. The highest BCUT2D eigenvalue weighted by atomic mass is 35.5. The van der Waals surface area contributed by atoms with Gasteiger partial charge in [-0.1, -0.05) is 79.9 Å². The number of hydrogen-bond acceptors (Lipinski definition) is 4. The molecule has 0 radical (unpaired) electrons. The number of carbonyl (C=O) groups excluding carboxylic acids is 1. The van der Waals surface area contributed by atoms with Crippen LogP contribution in [-0.2, 0) is 24.4 Å². The van der Waals surface area contributed by atoms with Crippen LogP contribution >= 0.6 is 23.2 Å². The van der Waals surface area contributed by atoms with Crippen molar-refractivity contribution in [3.8, 4) is 17.0 Å². The predicted molar refractivity (Wildman–Crippen MR) is 192 cm³/mol. The van der Waals surface area contributed by atoms with Crippen molar-refractivity contribution >= 4 is 35.1 Å². The van der Waals surface area contributed by atoms with Crippen LogP contribution in [0.5, 0.6) is 5.75 Å². The number of nitrogens with zero attached hydrogens (tertiary/aromatic N) is 2. The van der Waals surface area contributed by atoms with Gasteiger partial charge in [-0.05, 0) is 98.0 Å². The number of halogens is 2. The average Bonchev–Trinajstić information content (AvgIpc) is 3.51. The van der Waals surface area contributed by atoms with E-state index in [0.29, 0.717) is 41.3 Å². The number of benzene rings is 3. The van der Waals surface area contributed by atoms with E-state index in [1.807, 2.05) is 36.5 Å². The summed E-state index contributed by atoms with van der Waals surface area (Å²) in [5.41, 5.74) is 3.64. The van der Waals surface area contributed by atoms with Gasteiger partial charge in [-0.25, -0.2) is 9.78 Å². The van der Waals surface area contributed by atoms with E-state index in [1.54, 1.807) is 36.4 Å². The number of aromatic carboxylic acids is 1. The highest BCUT2D eigenvalue weighted by Crippen LogP contribution is 2.34. The van der Waals surface area contributed by atoms with Crippen LogP contribution in [0, 0.1) is 11.8 Å². The summed E-state index contributed by atoms with van der Waals surface area (Å²) in [7, 11) is 0. The Morgan fingerprint density at radius 3 is 2.33 bits per heavy atom. The fraction of sp³-hybridized carbons (Fsp3) is 0.359. The molecule has 0 aliphatic heterocycles. The number of ether oxygens (including phenoxy) is 1. The van der Waals surface area contributed by atoms with E-state index < -0.39 is 5.97 Å². The lowest BCUT2D eigenvalue weighted by atomic mass is 9.80. The van der Waals surface area contributed by atoms with Crippen molar-refractivity contribution < 1.29 is 19.4 Å². The highest BCUT2D eigenvalue weighted by Gasteiger charge is 2.29. The maximum atomic E-state index is 13.8. The second-order valence-electron chi connectivity index (χ2n) is 12.5. The molecule has 1 amide bonds. The summed E-state index contributed by atoms with van der Waals surface area (Å²) < 4.78 is 8.08. The molecule has 3 aromatic carbocycles. The lowest BCUT2D eigenvalue weighted by Gasteiger charge is -2.29. The van der Waals surface area contributed by atoms with Crippen molar-refractivity contribution in [2.24, 2.45) is 11.8 Å². The average molecular weight is 689 g/mol. The smallest absolute Gasteiger partial charge is 0.335 e. The van der Waals surface area contributed by atoms with Crippen LogP contribution in [0.2, 0.25) is 10.0 Å². The van der Waals surface area contributed by atoms with Crippen LogP contribution in [-0.4, -0.2) is 26.5 Å². The van der Waals surface area contributed by atoms with Crippen LogP contribution < -0.4 is 10.1 Å². The first kappa shape index (κ1) is 35.2. The maximum Gasteiger partial charge on any atom is 0.335 e. The van der Waals surface area contributed by atoms with Crippen molar-refractivity contribution in [2.45, 2.75) is 78.0 Å². The maximum absolute atomic E-state index is 13.8. The number of carboxylic acids is 1. The molecule has 1 aromatic heterocycles. The van der Waals surface area contributed by atoms with E-state index in [1.165, 1.54) is 0 Å². The largest absolute Gasteiger partial charge is 0.489 e. The number of nitrogens with one attached hydrogen (secondary N) is 1. The molecule has 1 saturated carbocycles. The number of amides is 1. The number of hydrogen-bond donors (Lipinski definition) is 2. The number of rotatable bonds is 14. The number of imidazole rings is 1. The first-order valence-electron chi connectivity index (χ1n) is 16.8. The van der Waals surface area contributed by atoms with Gasteiger partial charge in [0.2, 0.25) is 5.91 Å². The fourth-order valence-electron chi connectivity index (χ4n) is 6.23. The molecule has 1 heterocycles. The third-order valence-electron chi connectivity index (χ3n) is 9.11. The molecular formula is C39H43Cl2N3O4. The van der Waals surface area contributed by atoms with Crippen molar-refractivity contribution in [3.05, 3.63) is 118 Å². The molecule has 0 saturated heterocycles. The zero-order chi connectivity index (χ0) is 34.0. The van der Waals surface area contributed by atoms with E-state index in [-0.39, 0.29) is 23.4 Å². The second-order valence-corrected chi connectivity index (χ2v) is 13.3. The molecule has 5 rings (SSSR count). The lowest BCUT2D eigenvalue weighted by molar-refractivity contribution is -0.127. The van der Waals surface area contributed by atoms with Crippen LogP contribution in [0.15, 0.2) is 85.1 Å². The van der Waals surface area contributed by atoms with E-state index in [9.17, 15) is 9.59 Å². The molecule has 0 unspecified atom stereocenters.